The Hall–Kier alpha value is -3.37. The molecule has 3 aromatic rings. The summed E-state index contributed by atoms with van der Waals surface area (Å²) in [6.07, 6.45) is 0.534. The Bertz CT molecular complexity index is 1220. The fourth-order valence-electron chi connectivity index (χ4n) is 4.32. The van der Waals surface area contributed by atoms with Crippen molar-refractivity contribution in [3.8, 4) is 0 Å². The number of aliphatic hydroxyl groups is 1. The van der Waals surface area contributed by atoms with E-state index in [1.807, 2.05) is 9.58 Å². The number of hydrogen-bond acceptors (Lipinski definition) is 4. The molecule has 2 N–H and O–H groups in total. The van der Waals surface area contributed by atoms with E-state index in [2.05, 4.69) is 5.32 Å². The number of rotatable bonds is 8. The lowest BCUT2D eigenvalue weighted by molar-refractivity contribution is -0.123. The van der Waals surface area contributed by atoms with E-state index in [0.717, 1.165) is 17.3 Å². The van der Waals surface area contributed by atoms with Crippen LogP contribution in [0.2, 0.25) is 0 Å². The number of hydrogen-bond donors (Lipinski definition) is 2. The van der Waals surface area contributed by atoms with E-state index in [1.165, 1.54) is 24.3 Å². The molecule has 2 aromatic carbocycles. The second-order valence-electron chi connectivity index (χ2n) is 8.28. The molecule has 2 heterocycles. The van der Waals surface area contributed by atoms with E-state index < -0.39 is 24.1 Å². The van der Waals surface area contributed by atoms with Crippen molar-refractivity contribution in [3.63, 3.8) is 0 Å². The average Bonchev–Trinajstić information content (AvgIpc) is 3.05. The van der Waals surface area contributed by atoms with Crippen LogP contribution in [0, 0.1) is 17.5 Å². The number of aromatic nitrogens is 2. The minimum absolute atomic E-state index is 0.206. The number of amides is 1. The van der Waals surface area contributed by atoms with Gasteiger partial charge in [-0.15, -0.1) is 0 Å². The van der Waals surface area contributed by atoms with Gasteiger partial charge in [-0.25, -0.2) is 17.9 Å². The molecule has 0 saturated carbocycles. The van der Waals surface area contributed by atoms with Gasteiger partial charge in [-0.2, -0.15) is 0 Å². The predicted octanol–water partition coefficient (Wildman–Crippen LogP) is 1.78. The lowest BCUT2D eigenvalue weighted by Crippen LogP contribution is -2.33. The Balaban J connectivity index is 1.60. The van der Waals surface area contributed by atoms with Crippen LogP contribution >= 0.6 is 0 Å². The average molecular weight is 474 g/mol. The smallest absolute Gasteiger partial charge is 0.271 e. The Kier molecular flexibility index (Phi) is 7.18. The Morgan fingerprint density at radius 1 is 0.941 bits per heavy atom. The summed E-state index contributed by atoms with van der Waals surface area (Å²) in [4.78, 5) is 26.7. The van der Waals surface area contributed by atoms with Gasteiger partial charge in [-0.1, -0.05) is 12.1 Å². The molecule has 0 fully saturated rings. The summed E-state index contributed by atoms with van der Waals surface area (Å²) in [6.45, 7) is 1.31. The molecule has 0 radical (unpaired) electrons. The second kappa shape index (κ2) is 10.3. The van der Waals surface area contributed by atoms with Gasteiger partial charge in [-0.3, -0.25) is 19.2 Å². The van der Waals surface area contributed by atoms with Crippen molar-refractivity contribution >= 4 is 5.91 Å². The van der Waals surface area contributed by atoms with Crippen LogP contribution in [-0.2, 0) is 37.4 Å². The zero-order valence-corrected chi connectivity index (χ0v) is 18.4. The molecule has 10 heteroatoms. The van der Waals surface area contributed by atoms with Crippen LogP contribution in [0.1, 0.15) is 22.4 Å². The van der Waals surface area contributed by atoms with Gasteiger partial charge >= 0.3 is 0 Å². The monoisotopic (exact) mass is 474 g/mol. The lowest BCUT2D eigenvalue weighted by Gasteiger charge is -2.27. The number of nitrogens with one attached hydrogen (secondary N) is 1. The SMILES string of the molecule is O=C(CO)NCCn1c2c(c(=O)n1Cc1ccc(F)cc1)CN(Cc1cc(F)cc(F)c1)CC2. The zero-order chi connectivity index (χ0) is 24.2. The van der Waals surface area contributed by atoms with Crippen molar-refractivity contribution in [3.05, 3.63) is 92.7 Å². The van der Waals surface area contributed by atoms with E-state index in [4.69, 9.17) is 5.11 Å². The van der Waals surface area contributed by atoms with Gasteiger partial charge in [0.1, 0.15) is 24.1 Å². The summed E-state index contributed by atoms with van der Waals surface area (Å²) in [7, 11) is 0. The maximum Gasteiger partial charge on any atom is 0.271 e. The molecule has 7 nitrogen and oxygen atoms in total. The van der Waals surface area contributed by atoms with Gasteiger partial charge in [0.25, 0.3) is 5.56 Å². The lowest BCUT2D eigenvalue weighted by atomic mass is 10.1. The molecular formula is C24H25F3N4O3. The molecule has 1 aliphatic heterocycles. The van der Waals surface area contributed by atoms with Crippen molar-refractivity contribution in [2.24, 2.45) is 0 Å². The summed E-state index contributed by atoms with van der Waals surface area (Å²) >= 11 is 0. The van der Waals surface area contributed by atoms with E-state index in [1.54, 1.807) is 16.8 Å². The van der Waals surface area contributed by atoms with Crippen LogP contribution in [0.25, 0.3) is 0 Å². The molecule has 0 saturated heterocycles. The molecule has 180 valence electrons. The third-order valence-electron chi connectivity index (χ3n) is 5.85. The van der Waals surface area contributed by atoms with Gasteiger partial charge < -0.3 is 10.4 Å². The highest BCUT2D eigenvalue weighted by atomic mass is 19.1. The molecule has 0 spiro atoms. The predicted molar refractivity (Wildman–Crippen MR) is 118 cm³/mol. The van der Waals surface area contributed by atoms with Crippen molar-refractivity contribution in [1.29, 1.82) is 0 Å². The van der Waals surface area contributed by atoms with Crippen LogP contribution < -0.4 is 10.9 Å². The number of carbonyl (C=O) groups excluding carboxylic acids is 1. The molecule has 34 heavy (non-hydrogen) atoms. The number of halogens is 3. The molecule has 0 atom stereocenters. The summed E-state index contributed by atoms with van der Waals surface area (Å²) < 4.78 is 43.9. The van der Waals surface area contributed by atoms with Crippen molar-refractivity contribution in [1.82, 2.24) is 19.6 Å². The molecular weight excluding hydrogens is 449 g/mol. The van der Waals surface area contributed by atoms with Crippen molar-refractivity contribution in [2.75, 3.05) is 19.7 Å². The number of carbonyl (C=O) groups is 1. The number of nitrogens with zero attached hydrogens (tertiary/aromatic N) is 3. The second-order valence-corrected chi connectivity index (χ2v) is 8.28. The van der Waals surface area contributed by atoms with Crippen LogP contribution in [0.15, 0.2) is 47.3 Å². The van der Waals surface area contributed by atoms with Gasteiger partial charge in [-0.05, 0) is 35.4 Å². The van der Waals surface area contributed by atoms with E-state index in [-0.39, 0.29) is 24.5 Å². The number of benzene rings is 2. The van der Waals surface area contributed by atoms with Crippen LogP contribution in [-0.4, -0.2) is 45.0 Å². The van der Waals surface area contributed by atoms with Gasteiger partial charge in [0.05, 0.1) is 18.7 Å². The number of aliphatic hydroxyl groups excluding tert-OH is 1. The highest BCUT2D eigenvalue weighted by Crippen LogP contribution is 2.21. The molecule has 1 aliphatic rings. The topological polar surface area (TPSA) is 79.5 Å². The third-order valence-corrected chi connectivity index (χ3v) is 5.85. The van der Waals surface area contributed by atoms with E-state index in [9.17, 15) is 22.8 Å². The fourth-order valence-corrected chi connectivity index (χ4v) is 4.32. The largest absolute Gasteiger partial charge is 0.387 e. The van der Waals surface area contributed by atoms with Gasteiger partial charge in [0.2, 0.25) is 5.91 Å². The standard InChI is InChI=1S/C24H25F3N4O3/c25-18-3-1-16(2-4-18)13-31-24(34)21-14-29(12-17-9-19(26)11-20(27)10-17)7-5-22(21)30(31)8-6-28-23(33)15-32/h1-4,9-11,32H,5-8,12-15H2,(H,28,33). The summed E-state index contributed by atoms with van der Waals surface area (Å²) in [5.74, 6) is -2.18. The minimum atomic E-state index is -0.648. The molecule has 0 aliphatic carbocycles. The van der Waals surface area contributed by atoms with Gasteiger partial charge in [0.15, 0.2) is 0 Å². The normalized spacial score (nSPS) is 13.6. The van der Waals surface area contributed by atoms with Crippen molar-refractivity contribution < 1.29 is 23.1 Å². The maximum atomic E-state index is 13.6. The van der Waals surface area contributed by atoms with E-state index in [0.29, 0.717) is 43.7 Å². The van der Waals surface area contributed by atoms with Crippen LogP contribution in [0.4, 0.5) is 13.2 Å². The first-order valence-corrected chi connectivity index (χ1v) is 10.9. The Morgan fingerprint density at radius 2 is 1.65 bits per heavy atom. The first kappa shape index (κ1) is 23.8. The molecule has 0 unspecified atom stereocenters. The van der Waals surface area contributed by atoms with Crippen LogP contribution in [0.5, 0.6) is 0 Å². The summed E-state index contributed by atoms with van der Waals surface area (Å²) in [6, 6.07) is 9.25. The quantitative estimate of drug-likeness (QED) is 0.522. The maximum absolute atomic E-state index is 13.6. The van der Waals surface area contributed by atoms with Crippen LogP contribution in [0.3, 0.4) is 0 Å². The summed E-state index contributed by atoms with van der Waals surface area (Å²) in [5.41, 5.74) is 2.43. The van der Waals surface area contributed by atoms with Crippen molar-refractivity contribution in [2.45, 2.75) is 32.6 Å². The number of fused-ring (bicyclic) bond motifs is 1. The summed E-state index contributed by atoms with van der Waals surface area (Å²) in [5, 5.41) is 11.5. The molecule has 1 aromatic heterocycles. The fraction of sp³-hybridized carbons (Fsp3) is 0.333. The van der Waals surface area contributed by atoms with Gasteiger partial charge in [0, 0.05) is 44.4 Å². The highest BCUT2D eigenvalue weighted by molar-refractivity contribution is 5.76. The zero-order valence-electron chi connectivity index (χ0n) is 18.4. The Morgan fingerprint density at radius 3 is 2.32 bits per heavy atom. The Labute approximate surface area is 194 Å². The highest BCUT2D eigenvalue weighted by Gasteiger charge is 2.26. The molecule has 4 rings (SSSR count). The van der Waals surface area contributed by atoms with E-state index >= 15 is 0 Å². The first-order valence-electron chi connectivity index (χ1n) is 10.9. The first-order chi connectivity index (χ1) is 16.3. The third kappa shape index (κ3) is 5.40. The molecule has 0 bridgehead atoms. The minimum Gasteiger partial charge on any atom is -0.387 e. The molecule has 1 amide bonds.